The maximum absolute atomic E-state index is 12.3. The number of aryl methyl sites for hydroxylation is 1. The molecule has 4 N–H and O–H groups in total. The third-order valence-corrected chi connectivity index (χ3v) is 4.82. The first-order valence-corrected chi connectivity index (χ1v) is 8.13. The molecule has 2 aromatic rings. The van der Waals surface area contributed by atoms with Gasteiger partial charge in [-0.1, -0.05) is 13.0 Å². The van der Waals surface area contributed by atoms with Gasteiger partial charge in [0.15, 0.2) is 0 Å². The van der Waals surface area contributed by atoms with Crippen LogP contribution in [0.2, 0.25) is 0 Å². The lowest BCUT2D eigenvalue weighted by molar-refractivity contribution is 0.1000. The average Bonchev–Trinajstić information content (AvgIpc) is 2.94. The van der Waals surface area contributed by atoms with Crippen molar-refractivity contribution >= 4 is 29.0 Å². The van der Waals surface area contributed by atoms with Gasteiger partial charge in [0.1, 0.15) is 5.01 Å². The van der Waals surface area contributed by atoms with Crippen LogP contribution in [0.4, 0.5) is 10.5 Å². The first-order chi connectivity index (χ1) is 10.8. The van der Waals surface area contributed by atoms with Gasteiger partial charge < -0.3 is 16.4 Å². The van der Waals surface area contributed by atoms with Crippen molar-refractivity contribution in [3.63, 3.8) is 0 Å². The Morgan fingerprint density at radius 2 is 2.13 bits per heavy atom. The number of hydrogen-bond acceptors (Lipinski definition) is 4. The highest BCUT2D eigenvalue weighted by Gasteiger charge is 2.29. The van der Waals surface area contributed by atoms with E-state index in [1.165, 1.54) is 11.3 Å². The van der Waals surface area contributed by atoms with E-state index in [-0.39, 0.29) is 6.03 Å². The van der Waals surface area contributed by atoms with Crippen LogP contribution < -0.4 is 16.4 Å². The normalized spacial score (nSPS) is 13.2. The van der Waals surface area contributed by atoms with Crippen LogP contribution in [0.15, 0.2) is 29.6 Å². The third kappa shape index (κ3) is 4.07. The predicted octanol–water partition coefficient (Wildman–Crippen LogP) is 3.00. The number of rotatable bonds is 5. The summed E-state index contributed by atoms with van der Waals surface area (Å²) in [6, 6.07) is 6.14. The summed E-state index contributed by atoms with van der Waals surface area (Å²) in [5.41, 5.74) is 6.47. The number of carbonyl (C=O) groups is 2. The molecule has 0 spiro atoms. The molecule has 0 radical (unpaired) electrons. The lowest BCUT2D eigenvalue weighted by Gasteiger charge is -2.27. The van der Waals surface area contributed by atoms with E-state index in [1.54, 1.807) is 24.3 Å². The Hall–Kier alpha value is -2.41. The number of aromatic nitrogens is 1. The zero-order valence-corrected chi connectivity index (χ0v) is 14.2. The van der Waals surface area contributed by atoms with Crippen molar-refractivity contribution in [3.05, 3.63) is 45.9 Å². The number of anilines is 1. The molecule has 23 heavy (non-hydrogen) atoms. The van der Waals surface area contributed by atoms with Crippen molar-refractivity contribution in [2.75, 3.05) is 5.32 Å². The second kappa shape index (κ2) is 6.78. The summed E-state index contributed by atoms with van der Waals surface area (Å²) < 4.78 is 0. The van der Waals surface area contributed by atoms with Crippen LogP contribution in [-0.2, 0) is 5.54 Å². The molecule has 1 aromatic heterocycles. The Morgan fingerprint density at radius 1 is 1.39 bits per heavy atom. The van der Waals surface area contributed by atoms with Crippen molar-refractivity contribution in [2.24, 2.45) is 5.73 Å². The fourth-order valence-electron chi connectivity index (χ4n) is 2.06. The number of nitrogens with two attached hydrogens (primary N) is 1. The Morgan fingerprint density at radius 3 is 2.70 bits per heavy atom. The molecule has 0 saturated heterocycles. The lowest BCUT2D eigenvalue weighted by Crippen LogP contribution is -2.45. The van der Waals surface area contributed by atoms with Gasteiger partial charge in [-0.25, -0.2) is 9.78 Å². The molecular weight excluding hydrogens is 312 g/mol. The highest BCUT2D eigenvalue weighted by atomic mass is 32.1. The summed E-state index contributed by atoms with van der Waals surface area (Å²) in [6.07, 6.45) is 0.703. The minimum Gasteiger partial charge on any atom is -0.366 e. The number of nitrogens with zero attached hydrogens (tertiary/aromatic N) is 1. The van der Waals surface area contributed by atoms with Gasteiger partial charge in [-0.15, -0.1) is 11.3 Å². The fourth-order valence-corrected chi connectivity index (χ4v) is 3.05. The molecule has 122 valence electrons. The van der Waals surface area contributed by atoms with Gasteiger partial charge in [0.05, 0.1) is 5.54 Å². The first kappa shape index (κ1) is 17.0. The van der Waals surface area contributed by atoms with Gasteiger partial charge in [0.2, 0.25) is 5.91 Å². The number of amides is 3. The van der Waals surface area contributed by atoms with Crippen LogP contribution in [0.1, 0.15) is 41.3 Å². The first-order valence-electron chi connectivity index (χ1n) is 7.25. The predicted molar refractivity (Wildman–Crippen MR) is 91.6 cm³/mol. The smallest absolute Gasteiger partial charge is 0.320 e. The van der Waals surface area contributed by atoms with Gasteiger partial charge >= 0.3 is 6.03 Å². The number of thiazole rings is 1. The topological polar surface area (TPSA) is 97.1 Å². The molecule has 0 aliphatic carbocycles. The molecule has 0 unspecified atom stereocenters. The number of primary amides is 1. The van der Waals surface area contributed by atoms with E-state index in [0.717, 1.165) is 10.7 Å². The summed E-state index contributed by atoms with van der Waals surface area (Å²) in [5.74, 6) is -0.536. The number of urea groups is 1. The van der Waals surface area contributed by atoms with E-state index in [9.17, 15) is 9.59 Å². The highest BCUT2D eigenvalue weighted by Crippen LogP contribution is 2.27. The molecule has 0 fully saturated rings. The molecule has 1 aromatic carbocycles. The quantitative estimate of drug-likeness (QED) is 0.785. The largest absolute Gasteiger partial charge is 0.366 e. The molecule has 0 aliphatic rings. The monoisotopic (exact) mass is 332 g/mol. The van der Waals surface area contributed by atoms with E-state index >= 15 is 0 Å². The number of hydrogen-bond donors (Lipinski definition) is 3. The fraction of sp³-hybridized carbons (Fsp3) is 0.312. The van der Waals surface area contributed by atoms with Crippen molar-refractivity contribution in [3.8, 4) is 0 Å². The number of benzene rings is 1. The minimum atomic E-state index is -0.551. The Bertz CT molecular complexity index is 728. The second-order valence-electron chi connectivity index (χ2n) is 5.50. The Balaban J connectivity index is 2.11. The molecule has 0 bridgehead atoms. The van der Waals surface area contributed by atoms with Crippen LogP contribution in [0, 0.1) is 6.92 Å². The maximum atomic E-state index is 12.3. The van der Waals surface area contributed by atoms with Gasteiger partial charge in [0, 0.05) is 22.3 Å². The summed E-state index contributed by atoms with van der Waals surface area (Å²) in [6.45, 7) is 5.85. The number of carbonyl (C=O) groups excluding carboxylic acids is 2. The molecule has 1 heterocycles. The van der Waals surface area contributed by atoms with Crippen molar-refractivity contribution in [1.29, 1.82) is 0 Å². The zero-order valence-electron chi connectivity index (χ0n) is 13.3. The van der Waals surface area contributed by atoms with Crippen LogP contribution in [0.3, 0.4) is 0 Å². The van der Waals surface area contributed by atoms with E-state index in [2.05, 4.69) is 15.6 Å². The van der Waals surface area contributed by atoms with Gasteiger partial charge in [-0.2, -0.15) is 0 Å². The van der Waals surface area contributed by atoms with Crippen LogP contribution in [0.25, 0.3) is 0 Å². The molecule has 3 amide bonds. The van der Waals surface area contributed by atoms with Gasteiger partial charge in [0.25, 0.3) is 0 Å². The minimum absolute atomic E-state index is 0.344. The van der Waals surface area contributed by atoms with Crippen molar-refractivity contribution in [2.45, 2.75) is 32.7 Å². The van der Waals surface area contributed by atoms with Crippen molar-refractivity contribution < 1.29 is 9.59 Å². The summed E-state index contributed by atoms with van der Waals surface area (Å²) in [4.78, 5) is 27.9. The second-order valence-corrected chi connectivity index (χ2v) is 6.36. The zero-order chi connectivity index (χ0) is 17.0. The lowest BCUT2D eigenvalue weighted by atomic mass is 10.0. The van der Waals surface area contributed by atoms with Crippen molar-refractivity contribution in [1.82, 2.24) is 10.3 Å². The highest BCUT2D eigenvalue weighted by molar-refractivity contribution is 7.09. The standard InChI is InChI=1S/C16H20N4O2S/c1-4-16(3,14-18-10(2)9-23-14)20-15(22)19-12-7-5-6-11(8-12)13(17)21/h5-9H,4H2,1-3H3,(H2,17,21)(H2,19,20,22)/t16-/m0/s1. The summed E-state index contributed by atoms with van der Waals surface area (Å²) >= 11 is 1.52. The summed E-state index contributed by atoms with van der Waals surface area (Å²) in [7, 11) is 0. The summed E-state index contributed by atoms with van der Waals surface area (Å²) in [5, 5.41) is 8.49. The van der Waals surface area contributed by atoms with E-state index in [0.29, 0.717) is 17.7 Å². The molecule has 0 saturated carbocycles. The van der Waals surface area contributed by atoms with E-state index < -0.39 is 11.4 Å². The van der Waals surface area contributed by atoms with E-state index in [1.807, 2.05) is 26.2 Å². The van der Waals surface area contributed by atoms with Crippen LogP contribution in [-0.4, -0.2) is 16.9 Å². The third-order valence-electron chi connectivity index (χ3n) is 3.59. The SMILES string of the molecule is CC[C@](C)(NC(=O)Nc1cccc(C(N)=O)c1)c1nc(C)cs1. The van der Waals surface area contributed by atoms with Gasteiger partial charge in [-0.05, 0) is 38.5 Å². The molecule has 6 nitrogen and oxygen atoms in total. The van der Waals surface area contributed by atoms with Crippen LogP contribution in [0.5, 0.6) is 0 Å². The Labute approximate surface area is 139 Å². The molecule has 7 heteroatoms. The van der Waals surface area contributed by atoms with Gasteiger partial charge in [-0.3, -0.25) is 4.79 Å². The number of nitrogens with one attached hydrogen (secondary N) is 2. The molecular formula is C16H20N4O2S. The Kier molecular flexibility index (Phi) is 5.00. The maximum Gasteiger partial charge on any atom is 0.320 e. The molecule has 2 rings (SSSR count). The van der Waals surface area contributed by atoms with Crippen LogP contribution >= 0.6 is 11.3 Å². The average molecular weight is 332 g/mol. The molecule has 1 atom stereocenters. The van der Waals surface area contributed by atoms with E-state index in [4.69, 9.17) is 5.73 Å². The molecule has 0 aliphatic heterocycles.